The predicted molar refractivity (Wildman–Crippen MR) is 91.9 cm³/mol. The van der Waals surface area contributed by atoms with Crippen molar-refractivity contribution in [3.63, 3.8) is 0 Å². The van der Waals surface area contributed by atoms with Gasteiger partial charge in [0.1, 0.15) is 12.6 Å². The Hall–Kier alpha value is -1.37. The quantitative estimate of drug-likeness (QED) is 0.431. The van der Waals surface area contributed by atoms with Gasteiger partial charge in [-0.15, -0.1) is 0 Å². The maximum atomic E-state index is 10.4. The van der Waals surface area contributed by atoms with Crippen molar-refractivity contribution in [2.45, 2.75) is 31.6 Å². The van der Waals surface area contributed by atoms with Crippen LogP contribution < -0.4 is 0 Å². The zero-order valence-electron chi connectivity index (χ0n) is 14.0. The van der Waals surface area contributed by atoms with Gasteiger partial charge in [-0.1, -0.05) is 35.9 Å². The molecule has 126 valence electrons. The number of nitrogens with zero attached hydrogens (tertiary/aromatic N) is 2. The molecule has 0 spiro atoms. The SMILES string of the molecule is COC(=O)/C=C/C(C)Br.COC1=N[C@H](C(C)C)C(OC)=NC1. The van der Waals surface area contributed by atoms with Gasteiger partial charge >= 0.3 is 5.97 Å². The number of alkyl halides is 1. The van der Waals surface area contributed by atoms with Crippen LogP contribution in [-0.2, 0) is 19.0 Å². The topological polar surface area (TPSA) is 69.5 Å². The average molecular weight is 377 g/mol. The summed E-state index contributed by atoms with van der Waals surface area (Å²) in [5.41, 5.74) is 0. The second kappa shape index (κ2) is 11.2. The van der Waals surface area contributed by atoms with E-state index < -0.39 is 0 Å². The lowest BCUT2D eigenvalue weighted by Crippen LogP contribution is -2.32. The van der Waals surface area contributed by atoms with Crippen LogP contribution >= 0.6 is 15.9 Å². The van der Waals surface area contributed by atoms with Gasteiger partial charge in [-0.2, -0.15) is 0 Å². The standard InChI is InChI=1S/C9H16N2O2.C6H9BrO2/c1-6(2)8-9(13-4)10-5-7(11-8)12-3;1-5(7)3-4-6(8)9-2/h6,8H,5H2,1-4H3;3-5H,1-2H3/b;4-3+/t8-;/m1./s1. The normalized spacial score (nSPS) is 18.8. The first-order valence-corrected chi connectivity index (χ1v) is 7.86. The number of halogens is 1. The number of allylic oxidation sites excluding steroid dienone is 1. The molecule has 0 aromatic heterocycles. The number of carbonyl (C=O) groups is 1. The van der Waals surface area contributed by atoms with E-state index in [9.17, 15) is 4.79 Å². The average Bonchev–Trinajstić information content (AvgIpc) is 2.52. The largest absolute Gasteiger partial charge is 0.483 e. The van der Waals surface area contributed by atoms with Crippen LogP contribution in [0.5, 0.6) is 0 Å². The van der Waals surface area contributed by atoms with E-state index in [0.717, 1.165) is 0 Å². The van der Waals surface area contributed by atoms with E-state index in [1.807, 2.05) is 6.92 Å². The van der Waals surface area contributed by atoms with Crippen LogP contribution in [0.3, 0.4) is 0 Å². The Morgan fingerprint density at radius 2 is 1.91 bits per heavy atom. The van der Waals surface area contributed by atoms with E-state index in [0.29, 0.717) is 24.3 Å². The van der Waals surface area contributed by atoms with E-state index in [1.54, 1.807) is 20.3 Å². The first-order valence-electron chi connectivity index (χ1n) is 6.94. The molecule has 0 radical (unpaired) electrons. The van der Waals surface area contributed by atoms with Crippen LogP contribution in [0.15, 0.2) is 22.1 Å². The Kier molecular flexibility index (Phi) is 10.5. The van der Waals surface area contributed by atoms with Gasteiger partial charge in [0.15, 0.2) is 0 Å². The molecule has 0 bridgehead atoms. The summed E-state index contributed by atoms with van der Waals surface area (Å²) < 4.78 is 14.6. The van der Waals surface area contributed by atoms with Crippen LogP contribution in [0.2, 0.25) is 0 Å². The number of aliphatic imine (C=N–C) groups is 2. The third-order valence-corrected chi connectivity index (χ3v) is 2.99. The predicted octanol–water partition coefficient (Wildman–Crippen LogP) is 2.61. The Morgan fingerprint density at radius 3 is 2.32 bits per heavy atom. The van der Waals surface area contributed by atoms with E-state index in [-0.39, 0.29) is 16.8 Å². The first kappa shape index (κ1) is 20.6. The third kappa shape index (κ3) is 8.17. The Bertz CT molecular complexity index is 431. The van der Waals surface area contributed by atoms with Crippen molar-refractivity contribution in [3.8, 4) is 0 Å². The van der Waals surface area contributed by atoms with Gasteiger partial charge in [-0.05, 0) is 12.8 Å². The van der Waals surface area contributed by atoms with Gasteiger partial charge in [0.05, 0.1) is 21.3 Å². The van der Waals surface area contributed by atoms with Gasteiger partial charge < -0.3 is 14.2 Å². The zero-order valence-corrected chi connectivity index (χ0v) is 15.6. The minimum absolute atomic E-state index is 0.00806. The minimum atomic E-state index is -0.318. The Labute approximate surface area is 140 Å². The fourth-order valence-electron chi connectivity index (χ4n) is 1.51. The molecule has 0 aromatic carbocycles. The van der Waals surface area contributed by atoms with Crippen molar-refractivity contribution in [1.29, 1.82) is 0 Å². The van der Waals surface area contributed by atoms with Crippen molar-refractivity contribution >= 4 is 33.7 Å². The molecule has 0 fully saturated rings. The molecule has 1 aliphatic rings. The number of hydrogen-bond donors (Lipinski definition) is 0. The van der Waals surface area contributed by atoms with Crippen molar-refractivity contribution in [2.75, 3.05) is 27.9 Å². The molecule has 7 heteroatoms. The highest BCUT2D eigenvalue weighted by atomic mass is 79.9. The van der Waals surface area contributed by atoms with E-state index in [1.165, 1.54) is 13.2 Å². The third-order valence-electron chi connectivity index (χ3n) is 2.68. The summed E-state index contributed by atoms with van der Waals surface area (Å²) in [5.74, 6) is 1.45. The maximum Gasteiger partial charge on any atom is 0.330 e. The molecule has 1 heterocycles. The molecular weight excluding hydrogens is 352 g/mol. The maximum absolute atomic E-state index is 10.4. The number of ether oxygens (including phenoxy) is 3. The van der Waals surface area contributed by atoms with Crippen molar-refractivity contribution in [3.05, 3.63) is 12.2 Å². The van der Waals surface area contributed by atoms with Gasteiger partial charge in [0.2, 0.25) is 11.8 Å². The Balaban J connectivity index is 0.000000433. The first-order chi connectivity index (χ1) is 10.3. The molecule has 0 aliphatic carbocycles. The molecule has 0 saturated heterocycles. The number of esters is 1. The summed E-state index contributed by atoms with van der Waals surface area (Å²) in [6, 6.07) is 0.00806. The Morgan fingerprint density at radius 1 is 1.27 bits per heavy atom. The second-order valence-corrected chi connectivity index (χ2v) is 6.28. The molecule has 22 heavy (non-hydrogen) atoms. The van der Waals surface area contributed by atoms with Crippen LogP contribution in [0.1, 0.15) is 20.8 Å². The van der Waals surface area contributed by atoms with Gasteiger partial charge in [0, 0.05) is 10.9 Å². The highest BCUT2D eigenvalue weighted by Crippen LogP contribution is 2.13. The number of hydrogen-bond acceptors (Lipinski definition) is 6. The molecule has 1 aliphatic heterocycles. The van der Waals surface area contributed by atoms with Crippen molar-refractivity contribution < 1.29 is 19.0 Å². The fourth-order valence-corrected chi connectivity index (χ4v) is 1.66. The number of carbonyl (C=O) groups excluding carboxylic acids is 1. The van der Waals surface area contributed by atoms with E-state index in [2.05, 4.69) is 44.5 Å². The summed E-state index contributed by atoms with van der Waals surface area (Å²) in [4.78, 5) is 19.2. The van der Waals surface area contributed by atoms with Crippen LogP contribution in [0, 0.1) is 5.92 Å². The second-order valence-electron chi connectivity index (χ2n) is 4.83. The molecule has 0 amide bonds. The molecule has 6 nitrogen and oxygen atoms in total. The summed E-state index contributed by atoms with van der Waals surface area (Å²) in [6.07, 6.45) is 3.10. The smallest absolute Gasteiger partial charge is 0.330 e. The van der Waals surface area contributed by atoms with Gasteiger partial charge in [-0.3, -0.25) is 0 Å². The van der Waals surface area contributed by atoms with Crippen LogP contribution in [0.4, 0.5) is 0 Å². The monoisotopic (exact) mass is 376 g/mol. The number of methoxy groups -OCH3 is 3. The molecule has 0 N–H and O–H groups in total. The molecule has 0 saturated carbocycles. The highest BCUT2D eigenvalue weighted by molar-refractivity contribution is 9.09. The lowest BCUT2D eigenvalue weighted by atomic mass is 10.0. The summed E-state index contributed by atoms with van der Waals surface area (Å²) >= 11 is 3.24. The van der Waals surface area contributed by atoms with Crippen molar-refractivity contribution in [2.24, 2.45) is 15.9 Å². The highest BCUT2D eigenvalue weighted by Gasteiger charge is 2.24. The minimum Gasteiger partial charge on any atom is -0.483 e. The molecule has 0 aromatic rings. The van der Waals surface area contributed by atoms with Gasteiger partial charge in [0.25, 0.3) is 0 Å². The van der Waals surface area contributed by atoms with E-state index >= 15 is 0 Å². The zero-order chi connectivity index (χ0) is 17.1. The van der Waals surface area contributed by atoms with Crippen LogP contribution in [-0.4, -0.2) is 56.5 Å². The molecule has 2 atom stereocenters. The lowest BCUT2D eigenvalue weighted by molar-refractivity contribution is -0.134. The van der Waals surface area contributed by atoms with E-state index in [4.69, 9.17) is 9.47 Å². The number of rotatable bonds is 3. The summed E-state index contributed by atoms with van der Waals surface area (Å²) in [6.45, 7) is 6.57. The van der Waals surface area contributed by atoms with Crippen molar-refractivity contribution in [1.82, 2.24) is 0 Å². The van der Waals surface area contributed by atoms with Crippen LogP contribution in [0.25, 0.3) is 0 Å². The molecular formula is C15H25BrN2O4. The lowest BCUT2D eigenvalue weighted by Gasteiger charge is -2.22. The molecule has 1 rings (SSSR count). The fraction of sp³-hybridized carbons (Fsp3) is 0.667. The summed E-state index contributed by atoms with van der Waals surface area (Å²) in [7, 11) is 4.59. The van der Waals surface area contributed by atoms with Gasteiger partial charge in [-0.25, -0.2) is 14.8 Å². The molecule has 1 unspecified atom stereocenters. The summed E-state index contributed by atoms with van der Waals surface area (Å²) in [5, 5.41) is 0.